The van der Waals surface area contributed by atoms with Gasteiger partial charge < -0.3 is 11.1 Å². The molecule has 3 aromatic rings. The molecule has 0 atom stereocenters. The highest BCUT2D eigenvalue weighted by atomic mass is 16.6. The van der Waals surface area contributed by atoms with Crippen molar-refractivity contribution < 1.29 is 4.92 Å². The molecule has 0 spiro atoms. The highest BCUT2D eigenvalue weighted by molar-refractivity contribution is 5.86. The molecule has 1 saturated carbocycles. The Labute approximate surface area is 169 Å². The average Bonchev–Trinajstić information content (AvgIpc) is 2.74. The second-order valence-electron chi connectivity index (χ2n) is 7.37. The molecule has 1 fully saturated rings. The van der Waals surface area contributed by atoms with E-state index in [0.29, 0.717) is 28.8 Å². The summed E-state index contributed by atoms with van der Waals surface area (Å²) >= 11 is 0. The summed E-state index contributed by atoms with van der Waals surface area (Å²) in [5.74, 6) is 0.677. The fourth-order valence-corrected chi connectivity index (χ4v) is 3.88. The molecule has 29 heavy (non-hydrogen) atoms. The third kappa shape index (κ3) is 4.18. The van der Waals surface area contributed by atoms with Gasteiger partial charge in [0.05, 0.1) is 10.5 Å². The number of anilines is 2. The van der Waals surface area contributed by atoms with Crippen molar-refractivity contribution in [2.45, 2.75) is 38.1 Å². The second kappa shape index (κ2) is 8.26. The quantitative estimate of drug-likeness (QED) is 0.359. The van der Waals surface area contributed by atoms with Crippen molar-refractivity contribution >= 4 is 17.2 Å². The van der Waals surface area contributed by atoms with E-state index in [-0.39, 0.29) is 5.69 Å². The van der Waals surface area contributed by atoms with Crippen LogP contribution in [0.4, 0.5) is 17.2 Å². The molecule has 148 valence electrons. The van der Waals surface area contributed by atoms with Crippen LogP contribution in [0.25, 0.3) is 22.4 Å². The SMILES string of the molecule is Nc1cccc(-c2cc(NC3CCCCC3)nnc2-c2ccccc2[N+](=O)[O-])c1. The third-order valence-corrected chi connectivity index (χ3v) is 5.30. The molecular formula is C22H23N5O2. The molecule has 1 aromatic heterocycles. The second-order valence-corrected chi connectivity index (χ2v) is 7.37. The van der Waals surface area contributed by atoms with E-state index in [9.17, 15) is 10.1 Å². The first-order chi connectivity index (χ1) is 14.1. The van der Waals surface area contributed by atoms with Gasteiger partial charge in [-0.3, -0.25) is 10.1 Å². The molecule has 1 aliphatic rings. The number of nitrogens with zero attached hydrogens (tertiary/aromatic N) is 3. The smallest absolute Gasteiger partial charge is 0.278 e. The van der Waals surface area contributed by atoms with Crippen LogP contribution in [0.3, 0.4) is 0 Å². The molecule has 3 N–H and O–H groups in total. The van der Waals surface area contributed by atoms with Crippen LogP contribution in [0, 0.1) is 10.1 Å². The maximum absolute atomic E-state index is 11.6. The van der Waals surface area contributed by atoms with Crippen molar-refractivity contribution in [2.75, 3.05) is 11.1 Å². The Morgan fingerprint density at radius 2 is 1.76 bits per heavy atom. The molecule has 0 aliphatic heterocycles. The first kappa shape index (κ1) is 18.9. The van der Waals surface area contributed by atoms with Gasteiger partial charge in [-0.2, -0.15) is 0 Å². The summed E-state index contributed by atoms with van der Waals surface area (Å²) in [4.78, 5) is 11.2. The summed E-state index contributed by atoms with van der Waals surface area (Å²) in [6.45, 7) is 0. The Hall–Kier alpha value is -3.48. The van der Waals surface area contributed by atoms with Crippen LogP contribution >= 0.6 is 0 Å². The van der Waals surface area contributed by atoms with Gasteiger partial charge in [-0.1, -0.05) is 43.5 Å². The predicted molar refractivity (Wildman–Crippen MR) is 114 cm³/mol. The molecule has 0 saturated heterocycles. The number of benzene rings is 2. The molecule has 0 radical (unpaired) electrons. The van der Waals surface area contributed by atoms with Gasteiger partial charge in [0.1, 0.15) is 11.5 Å². The molecule has 7 heteroatoms. The first-order valence-electron chi connectivity index (χ1n) is 9.86. The van der Waals surface area contributed by atoms with Crippen molar-refractivity contribution in [3.63, 3.8) is 0 Å². The Balaban J connectivity index is 1.81. The Morgan fingerprint density at radius 1 is 0.966 bits per heavy atom. The van der Waals surface area contributed by atoms with E-state index < -0.39 is 4.92 Å². The lowest BCUT2D eigenvalue weighted by Crippen LogP contribution is -2.23. The minimum absolute atomic E-state index is 0.0000530. The Morgan fingerprint density at radius 3 is 2.52 bits per heavy atom. The lowest BCUT2D eigenvalue weighted by atomic mass is 9.95. The summed E-state index contributed by atoms with van der Waals surface area (Å²) in [7, 11) is 0. The molecule has 7 nitrogen and oxygen atoms in total. The van der Waals surface area contributed by atoms with Crippen molar-refractivity contribution in [1.82, 2.24) is 10.2 Å². The topological polar surface area (TPSA) is 107 Å². The molecule has 2 aromatic carbocycles. The van der Waals surface area contributed by atoms with Crippen molar-refractivity contribution in [3.05, 3.63) is 64.7 Å². The lowest BCUT2D eigenvalue weighted by molar-refractivity contribution is -0.384. The van der Waals surface area contributed by atoms with Crippen molar-refractivity contribution in [2.24, 2.45) is 0 Å². The number of nitro benzene ring substituents is 1. The fraction of sp³-hybridized carbons (Fsp3) is 0.273. The minimum atomic E-state index is -0.395. The maximum Gasteiger partial charge on any atom is 0.278 e. The van der Waals surface area contributed by atoms with Crippen molar-refractivity contribution in [3.8, 4) is 22.4 Å². The largest absolute Gasteiger partial charge is 0.399 e. The Kier molecular flexibility index (Phi) is 5.37. The number of hydrogen-bond acceptors (Lipinski definition) is 6. The monoisotopic (exact) mass is 389 g/mol. The number of para-hydroxylation sites is 1. The van der Waals surface area contributed by atoms with Gasteiger partial charge in [-0.05, 0) is 42.7 Å². The van der Waals surface area contributed by atoms with Crippen molar-refractivity contribution in [1.29, 1.82) is 0 Å². The van der Waals surface area contributed by atoms with Gasteiger partial charge in [-0.25, -0.2) is 0 Å². The summed E-state index contributed by atoms with van der Waals surface area (Å²) in [5, 5.41) is 23.8. The average molecular weight is 389 g/mol. The maximum atomic E-state index is 11.6. The Bertz CT molecular complexity index is 1030. The van der Waals surface area contributed by atoms with Gasteiger partial charge in [0.2, 0.25) is 0 Å². The first-order valence-corrected chi connectivity index (χ1v) is 9.86. The van der Waals surface area contributed by atoms with E-state index in [0.717, 1.165) is 24.0 Å². The molecule has 4 rings (SSSR count). The van der Waals surface area contributed by atoms with Crippen LogP contribution in [0.15, 0.2) is 54.6 Å². The zero-order valence-corrected chi connectivity index (χ0v) is 16.0. The van der Waals surface area contributed by atoms with E-state index in [4.69, 9.17) is 5.73 Å². The zero-order valence-electron chi connectivity index (χ0n) is 16.0. The third-order valence-electron chi connectivity index (χ3n) is 5.30. The van der Waals surface area contributed by atoms with Crippen LogP contribution in [0.1, 0.15) is 32.1 Å². The standard InChI is InChI=1S/C22H23N5O2/c23-16-8-6-7-15(13-16)19-14-21(24-17-9-2-1-3-10-17)25-26-22(19)18-11-4-5-12-20(18)27(28)29/h4-8,11-14,17H,1-3,9-10,23H2,(H,24,25). The van der Waals surface area contributed by atoms with Gasteiger partial charge in [0, 0.05) is 23.4 Å². The van der Waals surface area contributed by atoms with Crippen LogP contribution in [-0.2, 0) is 0 Å². The van der Waals surface area contributed by atoms with Crippen LogP contribution in [0.5, 0.6) is 0 Å². The van der Waals surface area contributed by atoms with E-state index in [1.807, 2.05) is 30.3 Å². The van der Waals surface area contributed by atoms with Gasteiger partial charge in [-0.15, -0.1) is 10.2 Å². The van der Waals surface area contributed by atoms with E-state index >= 15 is 0 Å². The number of nitrogens with two attached hydrogens (primary N) is 1. The molecule has 0 bridgehead atoms. The molecular weight excluding hydrogens is 366 g/mol. The van der Waals surface area contributed by atoms with Gasteiger partial charge >= 0.3 is 0 Å². The number of nitrogens with one attached hydrogen (secondary N) is 1. The highest BCUT2D eigenvalue weighted by Gasteiger charge is 2.21. The minimum Gasteiger partial charge on any atom is -0.399 e. The lowest BCUT2D eigenvalue weighted by Gasteiger charge is -2.23. The fourth-order valence-electron chi connectivity index (χ4n) is 3.88. The molecule has 1 aliphatic carbocycles. The summed E-state index contributed by atoms with van der Waals surface area (Å²) in [6.07, 6.45) is 5.92. The highest BCUT2D eigenvalue weighted by Crippen LogP contribution is 2.37. The number of rotatable bonds is 5. The van der Waals surface area contributed by atoms with Gasteiger partial charge in [0.25, 0.3) is 5.69 Å². The normalized spacial score (nSPS) is 14.5. The van der Waals surface area contributed by atoms with Gasteiger partial charge in [0.15, 0.2) is 0 Å². The number of nitrogen functional groups attached to an aromatic ring is 1. The number of aromatic nitrogens is 2. The molecule has 0 amide bonds. The summed E-state index contributed by atoms with van der Waals surface area (Å²) < 4.78 is 0. The van der Waals surface area contributed by atoms with Crippen LogP contribution in [-0.4, -0.2) is 21.2 Å². The number of hydrogen-bond donors (Lipinski definition) is 2. The van der Waals surface area contributed by atoms with Crippen LogP contribution in [0.2, 0.25) is 0 Å². The van der Waals surface area contributed by atoms with E-state index in [2.05, 4.69) is 15.5 Å². The van der Waals surface area contributed by atoms with Crippen LogP contribution < -0.4 is 11.1 Å². The molecule has 0 unspecified atom stereocenters. The molecule has 1 heterocycles. The predicted octanol–water partition coefficient (Wildman–Crippen LogP) is 5.05. The van der Waals surface area contributed by atoms with E-state index in [1.54, 1.807) is 18.2 Å². The van der Waals surface area contributed by atoms with E-state index in [1.165, 1.54) is 25.3 Å². The summed E-state index contributed by atoms with van der Waals surface area (Å²) in [6, 6.07) is 16.3. The number of nitro groups is 1. The zero-order chi connectivity index (χ0) is 20.2. The summed E-state index contributed by atoms with van der Waals surface area (Å²) in [5.41, 5.74) is 9.13.